The summed E-state index contributed by atoms with van der Waals surface area (Å²) in [6, 6.07) is 5.73. The van der Waals surface area contributed by atoms with E-state index in [2.05, 4.69) is 0 Å². The Hall–Kier alpha value is -0.400. The van der Waals surface area contributed by atoms with Crippen molar-refractivity contribution in [2.45, 2.75) is 31.2 Å². The fourth-order valence-electron chi connectivity index (χ4n) is 1.48. The summed E-state index contributed by atoms with van der Waals surface area (Å²) in [5.41, 5.74) is 1.05. The minimum Gasteiger partial charge on any atom is -0.490 e. The van der Waals surface area contributed by atoms with Crippen LogP contribution in [0.5, 0.6) is 5.75 Å². The third-order valence-corrected chi connectivity index (χ3v) is 3.25. The van der Waals surface area contributed by atoms with Gasteiger partial charge < -0.3 is 4.74 Å². The van der Waals surface area contributed by atoms with E-state index < -0.39 is 0 Å². The average molecular weight is 231 g/mol. The quantitative estimate of drug-likeness (QED) is 0.703. The summed E-state index contributed by atoms with van der Waals surface area (Å²) in [4.78, 5) is 0. The van der Waals surface area contributed by atoms with Crippen LogP contribution in [0.1, 0.15) is 18.4 Å². The molecule has 0 amide bonds. The molecule has 0 N–H and O–H groups in total. The minimum atomic E-state index is 0.290. The summed E-state index contributed by atoms with van der Waals surface area (Å²) >= 11 is 11.8. The fraction of sp³-hybridized carbons (Fsp3) is 0.455. The molecule has 0 heterocycles. The number of alkyl halides is 1. The molecule has 1 aliphatic rings. The first-order valence-corrected chi connectivity index (χ1v) is 5.53. The van der Waals surface area contributed by atoms with Crippen LogP contribution in [0.25, 0.3) is 0 Å². The molecule has 1 aromatic carbocycles. The van der Waals surface area contributed by atoms with E-state index in [1.54, 1.807) is 0 Å². The van der Waals surface area contributed by atoms with E-state index in [0.717, 1.165) is 29.2 Å². The predicted molar refractivity (Wildman–Crippen MR) is 59.5 cm³/mol. The molecular formula is C11H12Cl2O. The van der Waals surface area contributed by atoms with E-state index in [9.17, 15) is 0 Å². The fourth-order valence-corrected chi connectivity index (χ4v) is 2.00. The molecule has 1 saturated carbocycles. The van der Waals surface area contributed by atoms with Crippen LogP contribution in [0.15, 0.2) is 18.2 Å². The molecule has 0 bridgehead atoms. The Labute approximate surface area is 94.0 Å². The molecule has 1 nitrogen and oxygen atoms in total. The summed E-state index contributed by atoms with van der Waals surface area (Å²) < 4.78 is 5.71. The molecule has 14 heavy (non-hydrogen) atoms. The predicted octanol–water partition coefficient (Wildman–Crippen LogP) is 3.80. The van der Waals surface area contributed by atoms with Crippen LogP contribution in [0, 0.1) is 6.92 Å². The van der Waals surface area contributed by atoms with Gasteiger partial charge in [-0.25, -0.2) is 0 Å². The Morgan fingerprint density at radius 2 is 2.07 bits per heavy atom. The van der Waals surface area contributed by atoms with Gasteiger partial charge in [0.2, 0.25) is 0 Å². The van der Waals surface area contributed by atoms with Crippen molar-refractivity contribution in [1.29, 1.82) is 0 Å². The Morgan fingerprint density at radius 1 is 1.36 bits per heavy atom. The lowest BCUT2D eigenvalue weighted by molar-refractivity contribution is 0.124. The van der Waals surface area contributed by atoms with E-state index in [1.165, 1.54) is 0 Å². The van der Waals surface area contributed by atoms with Crippen LogP contribution in [0.2, 0.25) is 5.02 Å². The van der Waals surface area contributed by atoms with Gasteiger partial charge in [-0.3, -0.25) is 0 Å². The van der Waals surface area contributed by atoms with Gasteiger partial charge in [0.1, 0.15) is 11.9 Å². The maximum absolute atomic E-state index is 5.91. The highest BCUT2D eigenvalue weighted by Crippen LogP contribution is 2.30. The van der Waals surface area contributed by atoms with Crippen molar-refractivity contribution in [3.8, 4) is 5.75 Å². The Morgan fingerprint density at radius 3 is 2.64 bits per heavy atom. The smallest absolute Gasteiger partial charge is 0.120 e. The number of halogens is 2. The number of aryl methyl sites for hydroxylation is 1. The monoisotopic (exact) mass is 230 g/mol. The van der Waals surface area contributed by atoms with Crippen LogP contribution in [-0.4, -0.2) is 11.5 Å². The lowest BCUT2D eigenvalue weighted by atomic mass is 9.95. The molecule has 1 fully saturated rings. The summed E-state index contributed by atoms with van der Waals surface area (Å²) in [6.07, 6.45) is 2.19. The van der Waals surface area contributed by atoms with E-state index in [4.69, 9.17) is 27.9 Å². The zero-order chi connectivity index (χ0) is 10.1. The average Bonchev–Trinajstić information content (AvgIpc) is 2.09. The van der Waals surface area contributed by atoms with Crippen molar-refractivity contribution in [2.24, 2.45) is 0 Å². The van der Waals surface area contributed by atoms with Gasteiger partial charge in [0.25, 0.3) is 0 Å². The van der Waals surface area contributed by atoms with Gasteiger partial charge in [-0.15, -0.1) is 11.6 Å². The first kappa shape index (κ1) is 10.1. The zero-order valence-corrected chi connectivity index (χ0v) is 9.48. The third kappa shape index (κ3) is 2.15. The normalized spacial score (nSPS) is 25.6. The van der Waals surface area contributed by atoms with E-state index in [-0.39, 0.29) is 6.10 Å². The SMILES string of the molecule is Cc1cc(OC2CC(Cl)C2)ccc1Cl. The number of rotatable bonds is 2. The molecule has 0 radical (unpaired) electrons. The standard InChI is InChI=1S/C11H12Cl2O/c1-7-4-9(2-3-11(7)13)14-10-5-8(12)6-10/h2-4,8,10H,5-6H2,1H3. The summed E-state index contributed by atoms with van der Waals surface area (Å²) in [7, 11) is 0. The van der Waals surface area contributed by atoms with Gasteiger partial charge in [0.05, 0.1) is 0 Å². The number of ether oxygens (including phenoxy) is 1. The Bertz CT molecular complexity index is 332. The van der Waals surface area contributed by atoms with Crippen molar-refractivity contribution < 1.29 is 4.74 Å². The Balaban J connectivity index is 2.00. The lowest BCUT2D eigenvalue weighted by Crippen LogP contribution is -2.34. The van der Waals surface area contributed by atoms with Crippen LogP contribution < -0.4 is 4.74 Å². The van der Waals surface area contributed by atoms with Crippen LogP contribution in [0.4, 0.5) is 0 Å². The van der Waals surface area contributed by atoms with Crippen molar-refractivity contribution in [3.63, 3.8) is 0 Å². The van der Waals surface area contributed by atoms with E-state index >= 15 is 0 Å². The largest absolute Gasteiger partial charge is 0.490 e. The minimum absolute atomic E-state index is 0.290. The van der Waals surface area contributed by atoms with Crippen molar-refractivity contribution in [1.82, 2.24) is 0 Å². The lowest BCUT2D eigenvalue weighted by Gasteiger charge is -2.31. The highest BCUT2D eigenvalue weighted by atomic mass is 35.5. The van der Waals surface area contributed by atoms with E-state index in [0.29, 0.717) is 5.38 Å². The van der Waals surface area contributed by atoms with Gasteiger partial charge in [-0.1, -0.05) is 11.6 Å². The van der Waals surface area contributed by atoms with Crippen LogP contribution in [-0.2, 0) is 0 Å². The van der Waals surface area contributed by atoms with Crippen molar-refractivity contribution in [2.75, 3.05) is 0 Å². The van der Waals surface area contributed by atoms with E-state index in [1.807, 2.05) is 25.1 Å². The van der Waals surface area contributed by atoms with Gasteiger partial charge in [-0.2, -0.15) is 0 Å². The number of hydrogen-bond donors (Lipinski definition) is 0. The molecule has 0 spiro atoms. The third-order valence-electron chi connectivity index (χ3n) is 2.47. The topological polar surface area (TPSA) is 9.23 Å². The first-order valence-electron chi connectivity index (χ1n) is 4.72. The highest BCUT2D eigenvalue weighted by molar-refractivity contribution is 6.31. The van der Waals surface area contributed by atoms with Gasteiger partial charge >= 0.3 is 0 Å². The second kappa shape index (κ2) is 4.00. The zero-order valence-electron chi connectivity index (χ0n) is 7.97. The summed E-state index contributed by atoms with van der Waals surface area (Å²) in [5, 5.41) is 1.08. The molecule has 1 aromatic rings. The van der Waals surface area contributed by atoms with Gasteiger partial charge in [0.15, 0.2) is 0 Å². The van der Waals surface area contributed by atoms with Crippen LogP contribution >= 0.6 is 23.2 Å². The molecule has 76 valence electrons. The second-order valence-electron chi connectivity index (χ2n) is 3.72. The molecule has 0 aromatic heterocycles. The van der Waals surface area contributed by atoms with Crippen molar-refractivity contribution in [3.05, 3.63) is 28.8 Å². The molecule has 0 unspecified atom stereocenters. The van der Waals surface area contributed by atoms with Crippen LogP contribution in [0.3, 0.4) is 0 Å². The maximum Gasteiger partial charge on any atom is 0.120 e. The molecule has 3 heteroatoms. The maximum atomic E-state index is 5.91. The van der Waals surface area contributed by atoms with Crippen molar-refractivity contribution >= 4 is 23.2 Å². The first-order chi connectivity index (χ1) is 6.65. The molecule has 0 saturated heterocycles. The molecule has 0 aliphatic heterocycles. The molecule has 2 rings (SSSR count). The number of hydrogen-bond acceptors (Lipinski definition) is 1. The number of benzene rings is 1. The summed E-state index contributed by atoms with van der Waals surface area (Å²) in [6.45, 7) is 1.97. The molecule has 0 atom stereocenters. The van der Waals surface area contributed by atoms with Gasteiger partial charge in [0, 0.05) is 23.2 Å². The second-order valence-corrected chi connectivity index (χ2v) is 4.74. The summed E-state index contributed by atoms with van der Waals surface area (Å²) in [5.74, 6) is 0.889. The Kier molecular flexibility index (Phi) is 2.89. The molecule has 1 aliphatic carbocycles. The highest BCUT2D eigenvalue weighted by Gasteiger charge is 2.28. The molecular weight excluding hydrogens is 219 g/mol. The van der Waals surface area contributed by atoms with Gasteiger partial charge in [-0.05, 0) is 30.7 Å².